The van der Waals surface area contributed by atoms with Crippen molar-refractivity contribution in [3.63, 3.8) is 0 Å². The molecule has 0 saturated carbocycles. The predicted octanol–water partition coefficient (Wildman–Crippen LogP) is 4.71. The van der Waals surface area contributed by atoms with E-state index < -0.39 is 0 Å². The molecule has 0 aliphatic rings. The minimum atomic E-state index is 0.732. The molecule has 0 spiro atoms. The van der Waals surface area contributed by atoms with Gasteiger partial charge in [-0.1, -0.05) is 41.9 Å². The first-order valence-electron chi connectivity index (χ1n) is 5.88. The Morgan fingerprint density at radius 3 is 2.37 bits per heavy atom. The normalized spacial score (nSPS) is 11.3. The lowest BCUT2D eigenvalue weighted by Crippen LogP contribution is -1.89. The molecule has 0 saturated heterocycles. The summed E-state index contributed by atoms with van der Waals surface area (Å²) in [6, 6.07) is 17.6. The van der Waals surface area contributed by atoms with Gasteiger partial charge in [-0.15, -0.1) is 11.8 Å². The molecule has 0 atom stereocenters. The maximum Gasteiger partial charge on any atom is 0.143 e. The molecular weight excluding hydrogens is 276 g/mol. The SMILES string of the molecule is O=C/C=C(/CSc1ccc(Cl)cc1)c1ccccc1. The monoisotopic (exact) mass is 288 g/mol. The Morgan fingerprint density at radius 1 is 1.05 bits per heavy atom. The van der Waals surface area contributed by atoms with Gasteiger partial charge in [0.15, 0.2) is 0 Å². The van der Waals surface area contributed by atoms with Gasteiger partial charge < -0.3 is 0 Å². The van der Waals surface area contributed by atoms with Gasteiger partial charge in [0.25, 0.3) is 0 Å². The van der Waals surface area contributed by atoms with E-state index in [1.807, 2.05) is 54.6 Å². The van der Waals surface area contributed by atoms with Gasteiger partial charge in [0.05, 0.1) is 0 Å². The molecule has 0 aliphatic heterocycles. The molecule has 96 valence electrons. The zero-order valence-corrected chi connectivity index (χ0v) is 11.8. The van der Waals surface area contributed by atoms with Crippen LogP contribution in [0.25, 0.3) is 5.57 Å². The van der Waals surface area contributed by atoms with Crippen molar-refractivity contribution in [2.24, 2.45) is 0 Å². The van der Waals surface area contributed by atoms with Crippen molar-refractivity contribution in [3.05, 3.63) is 71.3 Å². The summed E-state index contributed by atoms with van der Waals surface area (Å²) in [6.07, 6.45) is 2.46. The van der Waals surface area contributed by atoms with Gasteiger partial charge in [0.2, 0.25) is 0 Å². The number of hydrogen-bond acceptors (Lipinski definition) is 2. The van der Waals surface area contributed by atoms with Crippen LogP contribution in [0.5, 0.6) is 0 Å². The second-order valence-corrected chi connectivity index (χ2v) is 5.42. The predicted molar refractivity (Wildman–Crippen MR) is 82.7 cm³/mol. The molecule has 19 heavy (non-hydrogen) atoms. The second-order valence-electron chi connectivity index (χ2n) is 3.94. The first-order chi connectivity index (χ1) is 9.29. The van der Waals surface area contributed by atoms with E-state index in [1.54, 1.807) is 17.8 Å². The molecule has 0 bridgehead atoms. The van der Waals surface area contributed by atoms with E-state index in [1.165, 1.54) is 0 Å². The number of hydrogen-bond donors (Lipinski definition) is 0. The highest BCUT2D eigenvalue weighted by Crippen LogP contribution is 2.26. The number of benzene rings is 2. The van der Waals surface area contributed by atoms with Gasteiger partial charge in [-0.25, -0.2) is 0 Å². The molecule has 3 heteroatoms. The van der Waals surface area contributed by atoms with Crippen molar-refractivity contribution in [2.75, 3.05) is 5.75 Å². The van der Waals surface area contributed by atoms with Gasteiger partial charge in [-0.05, 0) is 41.5 Å². The molecule has 2 rings (SSSR count). The Balaban J connectivity index is 2.08. The third-order valence-corrected chi connectivity index (χ3v) is 3.93. The van der Waals surface area contributed by atoms with Crippen molar-refractivity contribution < 1.29 is 4.79 Å². The van der Waals surface area contributed by atoms with Crippen LogP contribution in [-0.4, -0.2) is 12.0 Å². The molecule has 0 aromatic heterocycles. The number of carbonyl (C=O) groups excluding carboxylic acids is 1. The average molecular weight is 289 g/mol. The third-order valence-electron chi connectivity index (χ3n) is 2.62. The summed E-state index contributed by atoms with van der Waals surface area (Å²) in [4.78, 5) is 11.9. The molecule has 0 radical (unpaired) electrons. The summed E-state index contributed by atoms with van der Waals surface area (Å²) in [7, 11) is 0. The van der Waals surface area contributed by atoms with Gasteiger partial charge in [0.1, 0.15) is 6.29 Å². The molecule has 1 nitrogen and oxygen atoms in total. The summed E-state index contributed by atoms with van der Waals surface area (Å²) in [6.45, 7) is 0. The molecular formula is C16H13ClOS. The van der Waals surface area contributed by atoms with Crippen LogP contribution in [0, 0.1) is 0 Å². The standard InChI is InChI=1S/C16H13ClOS/c17-15-6-8-16(9-7-15)19-12-14(10-11-18)13-4-2-1-3-5-13/h1-11H,12H2/b14-10-. The fourth-order valence-corrected chi connectivity index (χ4v) is 2.69. The third kappa shape index (κ3) is 4.27. The Hall–Kier alpha value is -1.51. The van der Waals surface area contributed by atoms with Crippen LogP contribution in [0.2, 0.25) is 5.02 Å². The van der Waals surface area contributed by atoms with E-state index in [-0.39, 0.29) is 0 Å². The number of aldehydes is 1. The van der Waals surface area contributed by atoms with Crippen LogP contribution in [0.4, 0.5) is 0 Å². The van der Waals surface area contributed by atoms with Crippen LogP contribution in [0.15, 0.2) is 65.6 Å². The first kappa shape index (κ1) is 13.9. The van der Waals surface area contributed by atoms with Crippen molar-refractivity contribution in [1.29, 1.82) is 0 Å². The first-order valence-corrected chi connectivity index (χ1v) is 7.24. The molecule has 0 unspecified atom stereocenters. The van der Waals surface area contributed by atoms with Crippen LogP contribution in [0.1, 0.15) is 5.56 Å². The maximum atomic E-state index is 10.7. The van der Waals surface area contributed by atoms with Crippen molar-refractivity contribution in [1.82, 2.24) is 0 Å². The van der Waals surface area contributed by atoms with E-state index in [2.05, 4.69) is 0 Å². The largest absolute Gasteiger partial charge is 0.299 e. The number of allylic oxidation sites excluding steroid dienone is 1. The molecule has 0 fully saturated rings. The minimum absolute atomic E-state index is 0.732. The molecule has 2 aromatic carbocycles. The number of carbonyl (C=O) groups is 1. The second kappa shape index (κ2) is 7.17. The Kier molecular flexibility index (Phi) is 5.25. The molecule has 0 amide bonds. The highest BCUT2D eigenvalue weighted by molar-refractivity contribution is 7.99. The zero-order chi connectivity index (χ0) is 13.5. The van der Waals surface area contributed by atoms with Gasteiger partial charge >= 0.3 is 0 Å². The lowest BCUT2D eigenvalue weighted by atomic mass is 10.1. The van der Waals surface area contributed by atoms with E-state index >= 15 is 0 Å². The lowest BCUT2D eigenvalue weighted by Gasteiger charge is -2.07. The molecule has 0 N–H and O–H groups in total. The fraction of sp³-hybridized carbons (Fsp3) is 0.0625. The number of rotatable bonds is 5. The van der Waals surface area contributed by atoms with Crippen molar-refractivity contribution >= 4 is 35.2 Å². The van der Waals surface area contributed by atoms with Crippen LogP contribution < -0.4 is 0 Å². The van der Waals surface area contributed by atoms with Crippen LogP contribution >= 0.6 is 23.4 Å². The Bertz CT molecular complexity index is 561. The van der Waals surface area contributed by atoms with Gasteiger partial charge in [0, 0.05) is 15.7 Å². The highest BCUT2D eigenvalue weighted by Gasteiger charge is 2.02. The summed E-state index contributed by atoms with van der Waals surface area (Å²) in [5.41, 5.74) is 2.10. The lowest BCUT2D eigenvalue weighted by molar-refractivity contribution is -0.104. The van der Waals surface area contributed by atoms with Crippen LogP contribution in [0.3, 0.4) is 0 Å². The number of thioether (sulfide) groups is 1. The summed E-state index contributed by atoms with van der Waals surface area (Å²) < 4.78 is 0. The van der Waals surface area contributed by atoms with Crippen LogP contribution in [-0.2, 0) is 4.79 Å². The molecule has 2 aromatic rings. The maximum absolute atomic E-state index is 10.7. The fourth-order valence-electron chi connectivity index (χ4n) is 1.65. The average Bonchev–Trinajstić information content (AvgIpc) is 2.46. The van der Waals surface area contributed by atoms with E-state index in [0.29, 0.717) is 0 Å². The minimum Gasteiger partial charge on any atom is -0.299 e. The Labute approximate surface area is 122 Å². The van der Waals surface area contributed by atoms with Crippen molar-refractivity contribution in [2.45, 2.75) is 4.90 Å². The van der Waals surface area contributed by atoms with Gasteiger partial charge in [-0.3, -0.25) is 4.79 Å². The quantitative estimate of drug-likeness (QED) is 0.450. The molecule has 0 aliphatic carbocycles. The summed E-state index contributed by atoms with van der Waals surface area (Å²) >= 11 is 7.54. The van der Waals surface area contributed by atoms with E-state index in [9.17, 15) is 4.79 Å². The summed E-state index contributed by atoms with van der Waals surface area (Å²) in [5, 5.41) is 0.732. The topological polar surface area (TPSA) is 17.1 Å². The van der Waals surface area contributed by atoms with Crippen molar-refractivity contribution in [3.8, 4) is 0 Å². The van der Waals surface area contributed by atoms with Gasteiger partial charge in [-0.2, -0.15) is 0 Å². The zero-order valence-electron chi connectivity index (χ0n) is 10.3. The van der Waals surface area contributed by atoms with E-state index in [4.69, 9.17) is 11.6 Å². The highest BCUT2D eigenvalue weighted by atomic mass is 35.5. The smallest absolute Gasteiger partial charge is 0.143 e. The number of halogens is 1. The Morgan fingerprint density at radius 2 is 1.74 bits per heavy atom. The molecule has 0 heterocycles. The summed E-state index contributed by atoms with van der Waals surface area (Å²) in [5.74, 6) is 0.754. The van der Waals surface area contributed by atoms with E-state index in [0.717, 1.165) is 33.1 Å².